The van der Waals surface area contributed by atoms with Crippen molar-refractivity contribution < 1.29 is 4.74 Å². The van der Waals surface area contributed by atoms with Crippen molar-refractivity contribution in [2.75, 3.05) is 31.2 Å². The first-order valence-corrected chi connectivity index (χ1v) is 13.4. The second-order valence-electron chi connectivity index (χ2n) is 10.3. The number of benzene rings is 2. The number of nitrogens with one attached hydrogen (secondary N) is 1. The lowest BCUT2D eigenvalue weighted by atomic mass is 9.73. The molecule has 0 spiro atoms. The number of rotatable bonds is 6. The minimum Gasteiger partial charge on any atom is -0.378 e. The van der Waals surface area contributed by atoms with Crippen molar-refractivity contribution >= 4 is 28.6 Å². The Labute approximate surface area is 216 Å². The van der Waals surface area contributed by atoms with Gasteiger partial charge in [-0.1, -0.05) is 24.3 Å². The van der Waals surface area contributed by atoms with Gasteiger partial charge in [0, 0.05) is 35.9 Å². The molecule has 2 aromatic carbocycles. The van der Waals surface area contributed by atoms with Crippen LogP contribution in [0.3, 0.4) is 0 Å². The van der Waals surface area contributed by atoms with Gasteiger partial charge in [-0.3, -0.25) is 4.57 Å². The summed E-state index contributed by atoms with van der Waals surface area (Å²) in [6, 6.07) is 21.7. The van der Waals surface area contributed by atoms with Crippen LogP contribution in [-0.4, -0.2) is 40.8 Å². The van der Waals surface area contributed by atoms with E-state index in [1.54, 1.807) is 0 Å². The number of hydrogen-bond acceptors (Lipinski definition) is 5. The maximum absolute atomic E-state index is 6.14. The van der Waals surface area contributed by atoms with Gasteiger partial charge in [-0.15, -0.1) is 0 Å². The summed E-state index contributed by atoms with van der Waals surface area (Å²) < 4.78 is 7.81. The SMILES string of the molecule is ClNC1(c2ccc(-n3c(C4CC4)nc4ccc(-c5cccc(N6CCOCC6)c5)nc43)cc2)CCC1. The molecular formula is C29H30ClN5O. The third-order valence-electron chi connectivity index (χ3n) is 8.06. The molecule has 3 fully saturated rings. The van der Waals surface area contributed by atoms with Crippen LogP contribution in [0, 0.1) is 0 Å². The van der Waals surface area contributed by atoms with E-state index in [9.17, 15) is 0 Å². The van der Waals surface area contributed by atoms with Crippen molar-refractivity contribution in [1.29, 1.82) is 0 Å². The molecule has 0 unspecified atom stereocenters. The zero-order valence-corrected chi connectivity index (χ0v) is 21.0. The van der Waals surface area contributed by atoms with E-state index >= 15 is 0 Å². The Morgan fingerprint density at radius 1 is 0.917 bits per heavy atom. The fourth-order valence-corrected chi connectivity index (χ4v) is 5.88. The van der Waals surface area contributed by atoms with Crippen LogP contribution in [0.4, 0.5) is 5.69 Å². The smallest absolute Gasteiger partial charge is 0.165 e. The van der Waals surface area contributed by atoms with E-state index < -0.39 is 0 Å². The van der Waals surface area contributed by atoms with E-state index in [2.05, 4.69) is 75.0 Å². The monoisotopic (exact) mass is 499 g/mol. The Morgan fingerprint density at radius 3 is 2.42 bits per heavy atom. The van der Waals surface area contributed by atoms with E-state index in [1.165, 1.54) is 30.5 Å². The van der Waals surface area contributed by atoms with Gasteiger partial charge in [-0.2, -0.15) is 0 Å². The lowest BCUT2D eigenvalue weighted by molar-refractivity contribution is 0.122. The van der Waals surface area contributed by atoms with E-state index in [0.29, 0.717) is 5.92 Å². The third-order valence-corrected chi connectivity index (χ3v) is 8.42. The number of imidazole rings is 1. The molecule has 184 valence electrons. The zero-order chi connectivity index (χ0) is 24.1. The number of halogens is 1. The molecule has 0 amide bonds. The average molecular weight is 500 g/mol. The summed E-state index contributed by atoms with van der Waals surface area (Å²) in [5, 5.41) is 0. The second kappa shape index (κ2) is 8.87. The number of aromatic nitrogens is 3. The standard InChI is InChI=1S/C29H30ClN5O/c30-33-29(13-2-14-29)22-7-9-23(10-8-22)35-27(20-5-6-20)32-26-12-11-25(31-28(26)35)21-3-1-4-24(19-21)34-15-17-36-18-16-34/h1,3-4,7-12,19-20,33H,2,5-6,13-18H2. The van der Waals surface area contributed by atoms with Gasteiger partial charge in [-0.05, 0) is 85.8 Å². The molecule has 6 nitrogen and oxygen atoms in total. The molecule has 2 aliphatic carbocycles. The summed E-state index contributed by atoms with van der Waals surface area (Å²) in [6.45, 7) is 3.39. The largest absolute Gasteiger partial charge is 0.378 e. The molecule has 2 aromatic heterocycles. The van der Waals surface area contributed by atoms with Crippen LogP contribution in [-0.2, 0) is 10.3 Å². The predicted molar refractivity (Wildman–Crippen MR) is 144 cm³/mol. The van der Waals surface area contributed by atoms with E-state index in [1.807, 2.05) is 0 Å². The minimum atomic E-state index is -0.0899. The number of anilines is 1. The number of nitrogens with zero attached hydrogens (tertiary/aromatic N) is 4. The van der Waals surface area contributed by atoms with Gasteiger partial charge in [0.25, 0.3) is 0 Å². The number of ether oxygens (including phenoxy) is 1. The zero-order valence-electron chi connectivity index (χ0n) is 20.3. The van der Waals surface area contributed by atoms with Gasteiger partial charge in [-0.25, -0.2) is 14.8 Å². The maximum atomic E-state index is 6.14. The highest BCUT2D eigenvalue weighted by molar-refractivity contribution is 6.14. The molecule has 7 heteroatoms. The Bertz CT molecular complexity index is 1400. The van der Waals surface area contributed by atoms with Crippen molar-refractivity contribution in [2.45, 2.75) is 43.6 Å². The van der Waals surface area contributed by atoms with Crippen molar-refractivity contribution in [3.63, 3.8) is 0 Å². The molecule has 4 aromatic rings. The van der Waals surface area contributed by atoms with Crippen LogP contribution in [0.2, 0.25) is 0 Å². The summed E-state index contributed by atoms with van der Waals surface area (Å²) in [7, 11) is 0. The first-order chi connectivity index (χ1) is 17.7. The van der Waals surface area contributed by atoms with Crippen molar-refractivity contribution in [3.8, 4) is 16.9 Å². The molecule has 1 aliphatic heterocycles. The normalized spacial score (nSPS) is 19.4. The summed E-state index contributed by atoms with van der Waals surface area (Å²) in [6.07, 6.45) is 5.74. The van der Waals surface area contributed by atoms with Gasteiger partial charge in [0.2, 0.25) is 0 Å². The van der Waals surface area contributed by atoms with E-state index in [4.69, 9.17) is 26.5 Å². The maximum Gasteiger partial charge on any atom is 0.165 e. The number of morpholine rings is 1. The molecule has 0 bridgehead atoms. The van der Waals surface area contributed by atoms with Crippen LogP contribution in [0.15, 0.2) is 60.7 Å². The molecular weight excluding hydrogens is 470 g/mol. The Kier molecular flexibility index (Phi) is 5.49. The first-order valence-electron chi connectivity index (χ1n) is 13.1. The van der Waals surface area contributed by atoms with Gasteiger partial charge in [0.15, 0.2) is 5.65 Å². The van der Waals surface area contributed by atoms with Crippen LogP contribution in [0.5, 0.6) is 0 Å². The van der Waals surface area contributed by atoms with Crippen LogP contribution in [0.1, 0.15) is 49.4 Å². The topological polar surface area (TPSA) is 55.2 Å². The summed E-state index contributed by atoms with van der Waals surface area (Å²) in [5.41, 5.74) is 7.46. The van der Waals surface area contributed by atoms with Gasteiger partial charge >= 0.3 is 0 Å². The minimum absolute atomic E-state index is 0.0899. The fraction of sp³-hybridized carbons (Fsp3) is 0.379. The average Bonchev–Trinajstić information content (AvgIpc) is 3.69. The molecule has 3 aliphatic rings. The lowest BCUT2D eigenvalue weighted by Crippen LogP contribution is -2.43. The van der Waals surface area contributed by atoms with Crippen molar-refractivity contribution in [1.82, 2.24) is 19.4 Å². The first kappa shape index (κ1) is 22.3. The summed E-state index contributed by atoms with van der Waals surface area (Å²) in [4.78, 5) is 15.6. The van der Waals surface area contributed by atoms with Gasteiger partial charge in [0.1, 0.15) is 11.3 Å². The Morgan fingerprint density at radius 2 is 1.72 bits per heavy atom. The molecule has 1 N–H and O–H groups in total. The summed E-state index contributed by atoms with van der Waals surface area (Å²) >= 11 is 6.14. The molecule has 3 heterocycles. The highest BCUT2D eigenvalue weighted by atomic mass is 35.5. The molecule has 7 rings (SSSR count). The van der Waals surface area contributed by atoms with E-state index in [0.717, 1.165) is 73.1 Å². The number of hydrogen-bond donors (Lipinski definition) is 1. The predicted octanol–water partition coefficient (Wildman–Crippen LogP) is 5.92. The third kappa shape index (κ3) is 3.79. The second-order valence-corrected chi connectivity index (χ2v) is 10.5. The highest BCUT2D eigenvalue weighted by Crippen LogP contribution is 2.44. The van der Waals surface area contributed by atoms with E-state index in [-0.39, 0.29) is 5.54 Å². The number of pyridine rings is 1. The Hall–Kier alpha value is -2.93. The summed E-state index contributed by atoms with van der Waals surface area (Å²) in [5.74, 6) is 1.63. The quantitative estimate of drug-likeness (QED) is 0.333. The Balaban J connectivity index is 1.29. The van der Waals surface area contributed by atoms with Crippen molar-refractivity contribution in [3.05, 3.63) is 72.1 Å². The molecule has 1 saturated heterocycles. The fourth-order valence-electron chi connectivity index (χ4n) is 5.59. The van der Waals surface area contributed by atoms with Crippen LogP contribution < -0.4 is 9.74 Å². The highest BCUT2D eigenvalue weighted by Gasteiger charge is 2.38. The van der Waals surface area contributed by atoms with Crippen LogP contribution >= 0.6 is 11.8 Å². The van der Waals surface area contributed by atoms with Crippen LogP contribution in [0.25, 0.3) is 28.1 Å². The lowest BCUT2D eigenvalue weighted by Gasteiger charge is -2.41. The molecule has 0 radical (unpaired) electrons. The van der Waals surface area contributed by atoms with Crippen molar-refractivity contribution in [2.24, 2.45) is 0 Å². The van der Waals surface area contributed by atoms with Gasteiger partial charge in [0.05, 0.1) is 24.4 Å². The molecule has 36 heavy (non-hydrogen) atoms. The number of fused-ring (bicyclic) bond motifs is 1. The molecule has 2 saturated carbocycles. The van der Waals surface area contributed by atoms with Gasteiger partial charge < -0.3 is 9.64 Å². The molecule has 0 atom stereocenters.